The van der Waals surface area contributed by atoms with E-state index in [-0.39, 0.29) is 38.0 Å². The van der Waals surface area contributed by atoms with Crippen LogP contribution in [-0.2, 0) is 52.8 Å². The number of carboxylic acid groups (broad SMARTS) is 1. The van der Waals surface area contributed by atoms with Crippen LogP contribution in [0, 0.1) is 17.8 Å². The fourth-order valence-corrected chi connectivity index (χ4v) is 7.94. The molecule has 0 saturated carbocycles. The Balaban J connectivity index is 1.58. The summed E-state index contributed by atoms with van der Waals surface area (Å²) in [6.07, 6.45) is 2.97. The zero-order valence-electron chi connectivity index (χ0n) is 40.8. The maximum atomic E-state index is 14.4. The van der Waals surface area contributed by atoms with Crippen LogP contribution in [0.5, 0.6) is 11.5 Å². The minimum atomic E-state index is -1.43. The molecule has 4 aromatic rings. The Morgan fingerprint density at radius 2 is 1.10 bits per heavy atom. The number of aromatic nitrogens is 1. The lowest BCUT2D eigenvalue weighted by Crippen LogP contribution is -2.61. The normalized spacial score (nSPS) is 14.4. The number of aromatic hydroxyl groups is 2. The van der Waals surface area contributed by atoms with Crippen molar-refractivity contribution in [3.05, 3.63) is 95.7 Å². The first kappa shape index (κ1) is 55.6. The van der Waals surface area contributed by atoms with Gasteiger partial charge in [-0.3, -0.25) is 28.8 Å². The average Bonchev–Trinajstić information content (AvgIpc) is 3.71. The summed E-state index contributed by atoms with van der Waals surface area (Å²) in [5.41, 5.74) is 14.8. The Morgan fingerprint density at radius 1 is 0.571 bits per heavy atom. The van der Waals surface area contributed by atoms with Crippen molar-refractivity contribution in [2.75, 3.05) is 6.54 Å². The molecule has 0 radical (unpaired) electrons. The number of nitrogens with two attached hydrogens (primary N) is 2. The molecule has 3 aromatic carbocycles. The molecule has 14 N–H and O–H groups in total. The van der Waals surface area contributed by atoms with Crippen LogP contribution in [-0.4, -0.2) is 111 Å². The zero-order chi connectivity index (χ0) is 51.7. The van der Waals surface area contributed by atoms with Crippen LogP contribution >= 0.6 is 0 Å². The Hall–Kier alpha value is -6.99. The second-order valence-corrected chi connectivity index (χ2v) is 18.8. The lowest BCUT2D eigenvalue weighted by atomic mass is 9.97. The van der Waals surface area contributed by atoms with E-state index in [2.05, 4.69) is 36.9 Å². The molecule has 0 bridgehead atoms. The molecular formula is C51H71N9O10. The number of aliphatic carboxylic acids is 1. The van der Waals surface area contributed by atoms with Crippen LogP contribution in [0.15, 0.2) is 79.0 Å². The molecule has 19 nitrogen and oxygen atoms in total. The standard InChI is InChI=1S/C51H71N9O10/c1-28(2)22-40(51(69)70)58-46(64)37(18-12-13-21-52)55-49(67)43(29(3)4)60-50(68)44(30(5)6)59-48(66)39(24-32-19-20-41(61)42(62)25-32)57-47(65)38(23-31-14-8-7-9-15-31)56-45(63)35(53)26-33-27-54-36-17-11-10-16-34(33)36/h7-11,14-17,19-20,25,27-30,35,37-40,43-44,54,61-62H,12-13,18,21-24,26,52-53H2,1-6H3,(H,55,67)(H,56,63)(H,57,65)(H,58,64)(H,59,66)(H,60,68)(H,69,70)/t35-,37-,38-,39+,40-,43-,44-/m1/s1. The first-order valence-corrected chi connectivity index (χ1v) is 23.8. The number of unbranched alkanes of at least 4 members (excludes halogenated alkanes) is 1. The predicted octanol–water partition coefficient (Wildman–Crippen LogP) is 2.41. The quantitative estimate of drug-likeness (QED) is 0.0303. The third-order valence-corrected chi connectivity index (χ3v) is 11.9. The number of hydrogen-bond donors (Lipinski definition) is 12. The predicted molar refractivity (Wildman–Crippen MR) is 265 cm³/mol. The van der Waals surface area contributed by atoms with E-state index in [1.807, 2.05) is 38.1 Å². The summed E-state index contributed by atoms with van der Waals surface area (Å²) in [6, 6.07) is 11.8. The molecule has 7 atom stereocenters. The van der Waals surface area contributed by atoms with Crippen LogP contribution < -0.4 is 43.4 Å². The first-order valence-electron chi connectivity index (χ1n) is 23.8. The van der Waals surface area contributed by atoms with Gasteiger partial charge in [0.1, 0.15) is 36.3 Å². The maximum Gasteiger partial charge on any atom is 0.326 e. The Morgan fingerprint density at radius 3 is 1.70 bits per heavy atom. The van der Waals surface area contributed by atoms with Crippen molar-refractivity contribution in [1.82, 2.24) is 36.9 Å². The molecule has 1 aromatic heterocycles. The van der Waals surface area contributed by atoms with Crippen molar-refractivity contribution < 1.29 is 48.9 Å². The van der Waals surface area contributed by atoms with E-state index in [1.165, 1.54) is 18.2 Å². The lowest BCUT2D eigenvalue weighted by molar-refractivity contribution is -0.143. The van der Waals surface area contributed by atoms with Crippen LogP contribution in [0.1, 0.15) is 83.9 Å². The van der Waals surface area contributed by atoms with E-state index in [9.17, 15) is 48.9 Å². The van der Waals surface area contributed by atoms with Crippen LogP contribution in [0.4, 0.5) is 0 Å². The highest BCUT2D eigenvalue weighted by atomic mass is 16.4. The molecule has 0 aliphatic carbocycles. The zero-order valence-corrected chi connectivity index (χ0v) is 40.8. The number of H-pyrrole nitrogens is 1. The number of fused-ring (bicyclic) bond motifs is 1. The number of hydrogen-bond acceptors (Lipinski definition) is 11. The van der Waals surface area contributed by atoms with Crippen molar-refractivity contribution in [2.45, 2.75) is 129 Å². The van der Waals surface area contributed by atoms with Crippen LogP contribution in [0.25, 0.3) is 10.9 Å². The summed E-state index contributed by atoms with van der Waals surface area (Å²) >= 11 is 0. The molecule has 0 spiro atoms. The van der Waals surface area contributed by atoms with Gasteiger partial charge < -0.3 is 63.7 Å². The SMILES string of the molecule is CC(C)C[C@@H](NC(=O)[C@@H](CCCCN)NC(=O)[C@H](NC(=O)[C@H](NC(=O)[C@H](Cc1ccc(O)c(O)c1)NC(=O)[C@@H](Cc1ccccc1)NC(=O)[C@H](N)Cc1c[nH]c2ccccc12)C(C)C)C(C)C)C(=O)O. The van der Waals surface area contributed by atoms with E-state index < -0.39 is 107 Å². The smallest absolute Gasteiger partial charge is 0.326 e. The average molecular weight is 970 g/mol. The Bertz CT molecular complexity index is 2410. The van der Waals surface area contributed by atoms with E-state index in [0.29, 0.717) is 30.5 Å². The van der Waals surface area contributed by atoms with Gasteiger partial charge in [-0.15, -0.1) is 0 Å². The van der Waals surface area contributed by atoms with Gasteiger partial charge in [-0.1, -0.05) is 96.1 Å². The van der Waals surface area contributed by atoms with E-state index in [0.717, 1.165) is 16.5 Å². The van der Waals surface area contributed by atoms with Gasteiger partial charge >= 0.3 is 5.97 Å². The molecule has 0 fully saturated rings. The van der Waals surface area contributed by atoms with Gasteiger partial charge in [0, 0.05) is 29.9 Å². The summed E-state index contributed by atoms with van der Waals surface area (Å²) in [6.45, 7) is 10.7. The van der Waals surface area contributed by atoms with Gasteiger partial charge in [-0.25, -0.2) is 4.79 Å². The van der Waals surface area contributed by atoms with Crippen molar-refractivity contribution in [2.24, 2.45) is 29.2 Å². The van der Waals surface area contributed by atoms with Gasteiger partial charge in [0.25, 0.3) is 0 Å². The Kier molecular flexibility index (Phi) is 21.2. The van der Waals surface area contributed by atoms with E-state index >= 15 is 0 Å². The fraction of sp³-hybridized carbons (Fsp3) is 0.471. The molecule has 380 valence electrons. The molecule has 0 aliphatic rings. The molecule has 6 amide bonds. The van der Waals surface area contributed by atoms with Gasteiger partial charge in [-0.2, -0.15) is 0 Å². The number of phenolic OH excluding ortho intramolecular Hbond substituents is 2. The topological polar surface area (TPSA) is 320 Å². The minimum Gasteiger partial charge on any atom is -0.504 e. The summed E-state index contributed by atoms with van der Waals surface area (Å²) < 4.78 is 0. The van der Waals surface area contributed by atoms with Gasteiger partial charge in [0.05, 0.1) is 6.04 Å². The monoisotopic (exact) mass is 970 g/mol. The summed E-state index contributed by atoms with van der Waals surface area (Å²) in [5, 5.41) is 47.3. The number of carbonyl (C=O) groups excluding carboxylic acids is 6. The third kappa shape index (κ3) is 16.6. The highest BCUT2D eigenvalue weighted by molar-refractivity contribution is 5.97. The van der Waals surface area contributed by atoms with Crippen molar-refractivity contribution in [3.8, 4) is 11.5 Å². The van der Waals surface area contributed by atoms with Crippen molar-refractivity contribution in [3.63, 3.8) is 0 Å². The molecule has 19 heteroatoms. The highest BCUT2D eigenvalue weighted by Gasteiger charge is 2.36. The second-order valence-electron chi connectivity index (χ2n) is 18.8. The van der Waals surface area contributed by atoms with Crippen LogP contribution in [0.2, 0.25) is 0 Å². The molecule has 0 aliphatic heterocycles. The third-order valence-electron chi connectivity index (χ3n) is 11.9. The molecule has 0 unspecified atom stereocenters. The first-order chi connectivity index (χ1) is 33.2. The molecule has 0 saturated heterocycles. The number of rotatable bonds is 27. The highest BCUT2D eigenvalue weighted by Crippen LogP contribution is 2.26. The molecule has 4 rings (SSSR count). The summed E-state index contributed by atoms with van der Waals surface area (Å²) in [7, 11) is 0. The van der Waals surface area contributed by atoms with Crippen molar-refractivity contribution >= 4 is 52.3 Å². The van der Waals surface area contributed by atoms with E-state index in [4.69, 9.17) is 11.5 Å². The number of phenols is 2. The summed E-state index contributed by atoms with van der Waals surface area (Å²) in [4.78, 5) is 99.4. The number of amides is 6. The van der Waals surface area contributed by atoms with Gasteiger partial charge in [0.2, 0.25) is 35.4 Å². The number of carbonyl (C=O) groups is 7. The van der Waals surface area contributed by atoms with Crippen LogP contribution in [0.3, 0.4) is 0 Å². The Labute approximate surface area is 408 Å². The molecule has 1 heterocycles. The lowest BCUT2D eigenvalue weighted by Gasteiger charge is -2.30. The fourth-order valence-electron chi connectivity index (χ4n) is 7.94. The minimum absolute atomic E-state index is 0.00978. The largest absolute Gasteiger partial charge is 0.504 e. The molecular weight excluding hydrogens is 899 g/mol. The number of carboxylic acids is 1. The van der Waals surface area contributed by atoms with Crippen molar-refractivity contribution in [1.29, 1.82) is 0 Å². The van der Waals surface area contributed by atoms with Gasteiger partial charge in [-0.05, 0) is 91.3 Å². The van der Waals surface area contributed by atoms with E-state index in [1.54, 1.807) is 64.2 Å². The molecule has 70 heavy (non-hydrogen) atoms. The number of benzene rings is 3. The number of nitrogens with one attached hydrogen (secondary N) is 7. The summed E-state index contributed by atoms with van der Waals surface area (Å²) in [5.74, 6) is -7.66. The maximum absolute atomic E-state index is 14.4. The second kappa shape index (κ2) is 26.7. The van der Waals surface area contributed by atoms with Gasteiger partial charge in [0.15, 0.2) is 11.5 Å². The number of aromatic amines is 1. The number of para-hydroxylation sites is 1.